The highest BCUT2D eigenvalue weighted by Crippen LogP contribution is 2.23. The first kappa shape index (κ1) is 15.9. The summed E-state index contributed by atoms with van der Waals surface area (Å²) in [6.07, 6.45) is -2.33. The highest BCUT2D eigenvalue weighted by molar-refractivity contribution is 5.67. The molecular formula is C12H20O7. The van der Waals surface area contributed by atoms with E-state index in [2.05, 4.69) is 0 Å². The van der Waals surface area contributed by atoms with Crippen LogP contribution in [-0.4, -0.2) is 63.8 Å². The molecular weight excluding hydrogens is 256 g/mol. The Balaban J connectivity index is 2.83. The molecule has 0 spiro atoms. The number of hydrogen-bond donors (Lipinski definition) is 0. The minimum absolute atomic E-state index is 0.171. The molecule has 0 aromatic heterocycles. The summed E-state index contributed by atoms with van der Waals surface area (Å²) in [6.45, 7) is 3.02. The molecule has 1 aliphatic heterocycles. The number of methoxy groups -OCH3 is 2. The van der Waals surface area contributed by atoms with Gasteiger partial charge in [-0.05, 0) is 0 Å². The Hall–Kier alpha value is -1.18. The lowest BCUT2D eigenvalue weighted by Gasteiger charge is -2.40. The van der Waals surface area contributed by atoms with Crippen molar-refractivity contribution in [3.05, 3.63) is 0 Å². The van der Waals surface area contributed by atoms with Gasteiger partial charge in [-0.1, -0.05) is 0 Å². The number of esters is 2. The van der Waals surface area contributed by atoms with Gasteiger partial charge in [-0.3, -0.25) is 9.59 Å². The Morgan fingerprint density at radius 2 is 1.74 bits per heavy atom. The fraction of sp³-hybridized carbons (Fsp3) is 0.833. The molecule has 0 aliphatic carbocycles. The second kappa shape index (κ2) is 7.42. The Morgan fingerprint density at radius 3 is 2.21 bits per heavy atom. The average Bonchev–Trinajstić information content (AvgIpc) is 2.31. The van der Waals surface area contributed by atoms with Crippen molar-refractivity contribution in [3.63, 3.8) is 0 Å². The van der Waals surface area contributed by atoms with Crippen molar-refractivity contribution in [2.24, 2.45) is 0 Å². The van der Waals surface area contributed by atoms with Crippen LogP contribution in [0.5, 0.6) is 0 Å². The van der Waals surface area contributed by atoms with Crippen LogP contribution in [0.15, 0.2) is 0 Å². The molecule has 1 heterocycles. The van der Waals surface area contributed by atoms with Crippen LogP contribution in [-0.2, 0) is 33.3 Å². The minimum Gasteiger partial charge on any atom is -0.457 e. The summed E-state index contributed by atoms with van der Waals surface area (Å²) < 4.78 is 26.2. The van der Waals surface area contributed by atoms with Crippen LogP contribution in [0.1, 0.15) is 13.8 Å². The third kappa shape index (κ3) is 4.45. The Labute approximate surface area is 112 Å². The summed E-state index contributed by atoms with van der Waals surface area (Å²) in [7, 11) is 2.99. The van der Waals surface area contributed by atoms with E-state index in [1.807, 2.05) is 0 Å². The molecule has 0 saturated carbocycles. The topological polar surface area (TPSA) is 80.3 Å². The average molecular weight is 276 g/mol. The zero-order valence-electron chi connectivity index (χ0n) is 11.6. The minimum atomic E-state index is -0.680. The largest absolute Gasteiger partial charge is 0.457 e. The molecule has 1 fully saturated rings. The van der Waals surface area contributed by atoms with E-state index in [-0.39, 0.29) is 13.2 Å². The standard InChI is InChI=1S/C12H20O7/c1-7(13)18-10-6-17-9(5-15-3)12(11(10)16-4)19-8(2)14/h9-12H,5-6H2,1-4H3/t9-,10+,11+,12+/m1/s1. The maximum Gasteiger partial charge on any atom is 0.303 e. The monoisotopic (exact) mass is 276 g/mol. The third-order valence-electron chi connectivity index (χ3n) is 2.75. The Bertz CT molecular complexity index is 317. The second-order valence-corrected chi connectivity index (χ2v) is 4.25. The van der Waals surface area contributed by atoms with E-state index in [1.165, 1.54) is 28.1 Å². The van der Waals surface area contributed by atoms with Gasteiger partial charge in [-0.2, -0.15) is 0 Å². The van der Waals surface area contributed by atoms with Gasteiger partial charge in [0.05, 0.1) is 13.2 Å². The van der Waals surface area contributed by atoms with E-state index < -0.39 is 36.4 Å². The van der Waals surface area contributed by atoms with E-state index in [1.54, 1.807) is 0 Å². The van der Waals surface area contributed by atoms with E-state index in [0.717, 1.165) is 0 Å². The van der Waals surface area contributed by atoms with Gasteiger partial charge < -0.3 is 23.7 Å². The summed E-state index contributed by atoms with van der Waals surface area (Å²) in [5.74, 6) is -0.900. The van der Waals surface area contributed by atoms with Crippen molar-refractivity contribution in [1.29, 1.82) is 0 Å². The number of ether oxygens (including phenoxy) is 5. The van der Waals surface area contributed by atoms with Crippen LogP contribution in [0.4, 0.5) is 0 Å². The molecule has 7 nitrogen and oxygen atoms in total. The van der Waals surface area contributed by atoms with Gasteiger partial charge in [0.2, 0.25) is 0 Å². The normalized spacial score (nSPS) is 30.7. The first-order chi connectivity index (χ1) is 8.99. The van der Waals surface area contributed by atoms with E-state index in [9.17, 15) is 9.59 Å². The summed E-state index contributed by atoms with van der Waals surface area (Å²) in [5.41, 5.74) is 0. The predicted octanol–water partition coefficient (Wildman–Crippen LogP) is -0.0900. The lowest BCUT2D eigenvalue weighted by Crippen LogP contribution is -2.57. The van der Waals surface area contributed by atoms with Crippen LogP contribution >= 0.6 is 0 Å². The molecule has 1 rings (SSSR count). The number of carbonyl (C=O) groups excluding carboxylic acids is 2. The van der Waals surface area contributed by atoms with Gasteiger partial charge in [0.25, 0.3) is 0 Å². The van der Waals surface area contributed by atoms with Crippen molar-refractivity contribution in [2.45, 2.75) is 38.3 Å². The van der Waals surface area contributed by atoms with Crippen LogP contribution in [0.25, 0.3) is 0 Å². The smallest absolute Gasteiger partial charge is 0.303 e. The zero-order chi connectivity index (χ0) is 14.4. The maximum absolute atomic E-state index is 11.2. The number of carbonyl (C=O) groups is 2. The summed E-state index contributed by atoms with van der Waals surface area (Å²) in [5, 5.41) is 0. The lowest BCUT2D eigenvalue weighted by atomic mass is 9.99. The van der Waals surface area contributed by atoms with E-state index in [4.69, 9.17) is 23.7 Å². The number of rotatable bonds is 5. The molecule has 0 aromatic carbocycles. The fourth-order valence-corrected chi connectivity index (χ4v) is 2.07. The van der Waals surface area contributed by atoms with Crippen LogP contribution in [0, 0.1) is 0 Å². The highest BCUT2D eigenvalue weighted by Gasteiger charge is 2.44. The molecule has 0 unspecified atom stereocenters. The highest BCUT2D eigenvalue weighted by atomic mass is 16.6. The first-order valence-electron chi connectivity index (χ1n) is 5.97. The van der Waals surface area contributed by atoms with Gasteiger partial charge in [-0.25, -0.2) is 0 Å². The van der Waals surface area contributed by atoms with Gasteiger partial charge >= 0.3 is 11.9 Å². The summed E-state index contributed by atoms with van der Waals surface area (Å²) >= 11 is 0. The van der Waals surface area contributed by atoms with Crippen LogP contribution in [0.2, 0.25) is 0 Å². The molecule has 0 aromatic rings. The second-order valence-electron chi connectivity index (χ2n) is 4.25. The number of hydrogen-bond acceptors (Lipinski definition) is 7. The summed E-state index contributed by atoms with van der Waals surface area (Å²) in [6, 6.07) is 0. The zero-order valence-corrected chi connectivity index (χ0v) is 11.6. The van der Waals surface area contributed by atoms with Gasteiger partial charge in [0.1, 0.15) is 12.2 Å². The van der Waals surface area contributed by atoms with Crippen LogP contribution < -0.4 is 0 Å². The van der Waals surface area contributed by atoms with E-state index >= 15 is 0 Å². The Morgan fingerprint density at radius 1 is 1.11 bits per heavy atom. The van der Waals surface area contributed by atoms with E-state index in [0.29, 0.717) is 0 Å². The molecule has 7 heteroatoms. The molecule has 110 valence electrons. The van der Waals surface area contributed by atoms with Crippen molar-refractivity contribution < 1.29 is 33.3 Å². The molecule has 0 N–H and O–H groups in total. The molecule has 1 saturated heterocycles. The molecule has 19 heavy (non-hydrogen) atoms. The summed E-state index contributed by atoms with van der Waals surface area (Å²) in [4.78, 5) is 22.2. The van der Waals surface area contributed by atoms with Crippen molar-refractivity contribution in [2.75, 3.05) is 27.4 Å². The van der Waals surface area contributed by atoms with Crippen molar-refractivity contribution in [3.8, 4) is 0 Å². The van der Waals surface area contributed by atoms with Gasteiger partial charge in [0, 0.05) is 28.1 Å². The quantitative estimate of drug-likeness (QED) is 0.649. The predicted molar refractivity (Wildman–Crippen MR) is 63.5 cm³/mol. The fourth-order valence-electron chi connectivity index (χ4n) is 2.07. The Kier molecular flexibility index (Phi) is 6.20. The van der Waals surface area contributed by atoms with Gasteiger partial charge in [0.15, 0.2) is 12.2 Å². The van der Waals surface area contributed by atoms with Gasteiger partial charge in [-0.15, -0.1) is 0 Å². The third-order valence-corrected chi connectivity index (χ3v) is 2.75. The molecule has 0 amide bonds. The first-order valence-corrected chi connectivity index (χ1v) is 5.97. The SMILES string of the molecule is COC[C@H]1OC[C@H](OC(C)=O)[C@H](OC)[C@H]1OC(C)=O. The molecule has 4 atom stereocenters. The molecule has 0 bridgehead atoms. The van der Waals surface area contributed by atoms with Crippen molar-refractivity contribution in [1.82, 2.24) is 0 Å². The lowest BCUT2D eigenvalue weighted by molar-refractivity contribution is -0.227. The molecule has 0 radical (unpaired) electrons. The van der Waals surface area contributed by atoms with Crippen LogP contribution in [0.3, 0.4) is 0 Å². The molecule has 1 aliphatic rings. The maximum atomic E-state index is 11.2. The van der Waals surface area contributed by atoms with Crippen molar-refractivity contribution >= 4 is 11.9 Å².